The minimum Gasteiger partial charge on any atom is -0.395 e. The van der Waals surface area contributed by atoms with Crippen molar-refractivity contribution in [2.45, 2.75) is 30.6 Å². The second-order valence-electron chi connectivity index (χ2n) is 4.85. The molecule has 5 atom stereocenters. The molecular formula is C11H20ClN3O8. The molecule has 12 heteroatoms. The summed E-state index contributed by atoms with van der Waals surface area (Å²) in [5, 5.41) is 51.0. The first kappa shape index (κ1) is 20.0. The minimum absolute atomic E-state index is 0.0893. The molecule has 5 N–H and O–H groups in total. The maximum Gasteiger partial charge on any atom is 0.345 e. The number of amides is 2. The molecule has 0 aliphatic carbocycles. The van der Waals surface area contributed by atoms with E-state index >= 15 is 0 Å². The maximum atomic E-state index is 12.2. The number of aliphatic hydroxyl groups excluding tert-OH is 5. The van der Waals surface area contributed by atoms with E-state index in [-0.39, 0.29) is 25.6 Å². The van der Waals surface area contributed by atoms with Crippen LogP contribution < -0.4 is 0 Å². The van der Waals surface area contributed by atoms with Crippen LogP contribution in [0.25, 0.3) is 0 Å². The quantitative estimate of drug-likeness (QED) is 0.143. The summed E-state index contributed by atoms with van der Waals surface area (Å²) >= 11 is 5.44. The molecule has 1 fully saturated rings. The Labute approximate surface area is 136 Å². The fourth-order valence-electron chi connectivity index (χ4n) is 2.12. The molecule has 0 spiro atoms. The van der Waals surface area contributed by atoms with Gasteiger partial charge in [-0.05, 0) is 0 Å². The Morgan fingerprint density at radius 1 is 1.30 bits per heavy atom. The lowest BCUT2D eigenvalue weighted by molar-refractivity contribution is -0.228. The molecule has 1 aliphatic rings. The Morgan fingerprint density at radius 2 is 1.96 bits per heavy atom. The highest BCUT2D eigenvalue weighted by molar-refractivity contribution is 6.18. The summed E-state index contributed by atoms with van der Waals surface area (Å²) in [6.45, 7) is -1.55. The Morgan fingerprint density at radius 3 is 2.48 bits per heavy atom. The number of urea groups is 1. The average Bonchev–Trinajstić information content (AvgIpc) is 2.54. The third-order valence-electron chi connectivity index (χ3n) is 3.36. The van der Waals surface area contributed by atoms with Crippen LogP contribution in [0.4, 0.5) is 4.79 Å². The lowest BCUT2D eigenvalue weighted by Gasteiger charge is -2.41. The van der Waals surface area contributed by atoms with Gasteiger partial charge in [0.25, 0.3) is 0 Å². The summed E-state index contributed by atoms with van der Waals surface area (Å²) in [6, 6.07) is -1.06. The highest BCUT2D eigenvalue weighted by Gasteiger charge is 2.44. The number of halogens is 1. The predicted molar refractivity (Wildman–Crippen MR) is 76.2 cm³/mol. The van der Waals surface area contributed by atoms with Crippen LogP contribution in [0.1, 0.15) is 0 Å². The van der Waals surface area contributed by atoms with Crippen molar-refractivity contribution in [3.8, 4) is 0 Å². The first-order valence-electron chi connectivity index (χ1n) is 6.81. The molecule has 0 bridgehead atoms. The van der Waals surface area contributed by atoms with Crippen molar-refractivity contribution in [3.63, 3.8) is 0 Å². The van der Waals surface area contributed by atoms with Crippen molar-refractivity contribution in [2.24, 2.45) is 5.29 Å². The van der Waals surface area contributed by atoms with Crippen molar-refractivity contribution < 1.29 is 35.1 Å². The number of hydrogen-bond donors (Lipinski definition) is 5. The molecule has 1 unspecified atom stereocenters. The van der Waals surface area contributed by atoms with E-state index in [1.165, 1.54) is 0 Å². The molecule has 1 saturated heterocycles. The predicted octanol–water partition coefficient (Wildman–Crippen LogP) is -2.58. The third kappa shape index (κ3) is 4.70. The summed E-state index contributed by atoms with van der Waals surface area (Å²) in [5.74, 6) is -0.0893. The zero-order valence-corrected chi connectivity index (χ0v) is 12.9. The highest BCUT2D eigenvalue weighted by Crippen LogP contribution is 2.21. The fourth-order valence-corrected chi connectivity index (χ4v) is 2.28. The summed E-state index contributed by atoms with van der Waals surface area (Å²) in [6.07, 6.45) is -7.87. The van der Waals surface area contributed by atoms with E-state index in [9.17, 15) is 30.1 Å². The molecule has 2 amide bonds. The minimum atomic E-state index is -1.80. The molecule has 134 valence electrons. The van der Waals surface area contributed by atoms with Crippen molar-refractivity contribution in [2.75, 3.05) is 32.2 Å². The molecule has 0 aromatic carbocycles. The van der Waals surface area contributed by atoms with E-state index in [0.717, 1.165) is 0 Å². The van der Waals surface area contributed by atoms with Gasteiger partial charge in [-0.3, -0.25) is 4.90 Å². The average molecular weight is 358 g/mol. The van der Waals surface area contributed by atoms with Crippen molar-refractivity contribution in [3.05, 3.63) is 4.91 Å². The SMILES string of the molecule is O=NN(CCCl)C(=O)N(CCO)C(O)[C@H]1OC[C@H](O)[C@@H](O)[C@@H]1O. The number of nitroso groups, excluding NO2 is 1. The van der Waals surface area contributed by atoms with Gasteiger partial charge < -0.3 is 30.3 Å². The smallest absolute Gasteiger partial charge is 0.345 e. The third-order valence-corrected chi connectivity index (χ3v) is 3.52. The summed E-state index contributed by atoms with van der Waals surface area (Å²) < 4.78 is 5.05. The largest absolute Gasteiger partial charge is 0.395 e. The summed E-state index contributed by atoms with van der Waals surface area (Å²) in [4.78, 5) is 23.5. The monoisotopic (exact) mass is 357 g/mol. The molecule has 11 nitrogen and oxygen atoms in total. The highest BCUT2D eigenvalue weighted by atomic mass is 35.5. The molecule has 0 radical (unpaired) electrons. The van der Waals surface area contributed by atoms with E-state index in [0.29, 0.717) is 9.91 Å². The van der Waals surface area contributed by atoms with Gasteiger partial charge in [0.1, 0.15) is 24.4 Å². The van der Waals surface area contributed by atoms with Crippen LogP contribution in [-0.4, -0.2) is 104 Å². The first-order chi connectivity index (χ1) is 10.9. The molecule has 0 saturated carbocycles. The van der Waals surface area contributed by atoms with Crippen molar-refractivity contribution in [1.82, 2.24) is 9.91 Å². The molecule has 1 heterocycles. The number of hydrogen-bond acceptors (Lipinski definition) is 9. The first-order valence-corrected chi connectivity index (χ1v) is 7.34. The normalized spacial score (nSPS) is 29.0. The van der Waals surface area contributed by atoms with E-state index in [1.54, 1.807) is 0 Å². The number of rotatable bonds is 7. The van der Waals surface area contributed by atoms with E-state index in [1.807, 2.05) is 0 Å². The molecule has 1 aliphatic heterocycles. The molecular weight excluding hydrogens is 338 g/mol. The number of aliphatic hydroxyl groups is 5. The maximum absolute atomic E-state index is 12.2. The van der Waals surface area contributed by atoms with Gasteiger partial charge in [0, 0.05) is 12.4 Å². The van der Waals surface area contributed by atoms with Gasteiger partial charge in [0.15, 0.2) is 6.23 Å². The zero-order valence-electron chi connectivity index (χ0n) is 12.1. The van der Waals surface area contributed by atoms with Crippen LogP contribution in [0.15, 0.2) is 5.29 Å². The molecule has 0 aromatic heterocycles. The van der Waals surface area contributed by atoms with E-state index in [2.05, 4.69) is 5.29 Å². The van der Waals surface area contributed by atoms with Gasteiger partial charge >= 0.3 is 6.03 Å². The van der Waals surface area contributed by atoms with E-state index in [4.69, 9.17) is 21.4 Å². The Kier molecular flexibility index (Phi) is 8.05. The topological polar surface area (TPSA) is 163 Å². The Hall–Kier alpha value is -1.08. The fraction of sp³-hybridized carbons (Fsp3) is 0.909. The second kappa shape index (κ2) is 9.27. The standard InChI is InChI=1S/C11H20ClN3O8/c12-1-2-15(13-22)11(21)14(3-4-16)10(20)9-8(19)7(18)6(17)5-23-9/h6-10,16-20H,1-5H2/t6-,7+,8-,9-,10?/m0/s1. The summed E-state index contributed by atoms with van der Waals surface area (Å²) in [5.41, 5.74) is 0. The Bertz CT molecular complexity index is 403. The van der Waals surface area contributed by atoms with Gasteiger partial charge in [-0.1, -0.05) is 0 Å². The van der Waals surface area contributed by atoms with Gasteiger partial charge in [-0.15, -0.1) is 16.5 Å². The summed E-state index contributed by atoms with van der Waals surface area (Å²) in [7, 11) is 0. The van der Waals surface area contributed by atoms with Crippen LogP contribution in [0, 0.1) is 4.91 Å². The number of carbonyl (C=O) groups excluding carboxylic acids is 1. The van der Waals surface area contributed by atoms with Crippen LogP contribution >= 0.6 is 11.6 Å². The number of alkyl halides is 1. The van der Waals surface area contributed by atoms with E-state index < -0.39 is 43.3 Å². The van der Waals surface area contributed by atoms with Gasteiger partial charge in [-0.2, -0.15) is 5.01 Å². The molecule has 0 aromatic rings. The van der Waals surface area contributed by atoms with Crippen LogP contribution in [0.2, 0.25) is 0 Å². The van der Waals surface area contributed by atoms with Crippen LogP contribution in [0.5, 0.6) is 0 Å². The lowest BCUT2D eigenvalue weighted by Crippen LogP contribution is -2.62. The molecule has 23 heavy (non-hydrogen) atoms. The Balaban J connectivity index is 2.91. The van der Waals surface area contributed by atoms with Crippen molar-refractivity contribution >= 4 is 17.6 Å². The van der Waals surface area contributed by atoms with Crippen LogP contribution in [-0.2, 0) is 4.74 Å². The van der Waals surface area contributed by atoms with Gasteiger partial charge in [0.2, 0.25) is 0 Å². The number of carbonyl (C=O) groups is 1. The second-order valence-corrected chi connectivity index (χ2v) is 5.23. The number of nitrogens with zero attached hydrogens (tertiary/aromatic N) is 3. The van der Waals surface area contributed by atoms with Crippen molar-refractivity contribution in [1.29, 1.82) is 0 Å². The van der Waals surface area contributed by atoms with Gasteiger partial charge in [0.05, 0.1) is 25.0 Å². The van der Waals surface area contributed by atoms with Crippen LogP contribution in [0.3, 0.4) is 0 Å². The van der Waals surface area contributed by atoms with Gasteiger partial charge in [-0.25, -0.2) is 4.79 Å². The zero-order chi connectivity index (χ0) is 17.6. The molecule has 1 rings (SSSR count). The number of ether oxygens (including phenoxy) is 1. The lowest BCUT2D eigenvalue weighted by atomic mass is 9.98.